The maximum atomic E-state index is 11.2. The van der Waals surface area contributed by atoms with Gasteiger partial charge in [-0.15, -0.1) is 0 Å². The van der Waals surface area contributed by atoms with Crippen molar-refractivity contribution in [1.82, 2.24) is 4.98 Å². The number of carbonyl (C=O) groups is 1. The quantitative estimate of drug-likeness (QED) is 0.759. The van der Waals surface area contributed by atoms with E-state index in [0.29, 0.717) is 19.1 Å². The molecule has 0 aromatic carbocycles. The van der Waals surface area contributed by atoms with Gasteiger partial charge in [-0.1, -0.05) is 6.07 Å². The lowest BCUT2D eigenvalue weighted by molar-refractivity contribution is -0.143. The van der Waals surface area contributed by atoms with E-state index in [-0.39, 0.29) is 12.4 Å². The first-order chi connectivity index (χ1) is 8.17. The van der Waals surface area contributed by atoms with Gasteiger partial charge in [-0.3, -0.25) is 4.79 Å². The molecule has 0 spiro atoms. The molecular weight excluding hydrogens is 220 g/mol. The van der Waals surface area contributed by atoms with Crippen molar-refractivity contribution in [1.29, 1.82) is 0 Å². The maximum absolute atomic E-state index is 11.2. The third-order valence-electron chi connectivity index (χ3n) is 2.17. The van der Waals surface area contributed by atoms with E-state index in [9.17, 15) is 4.79 Å². The van der Waals surface area contributed by atoms with Crippen LogP contribution >= 0.6 is 0 Å². The van der Waals surface area contributed by atoms with Gasteiger partial charge in [-0.2, -0.15) is 0 Å². The zero-order valence-electron chi connectivity index (χ0n) is 10.2. The summed E-state index contributed by atoms with van der Waals surface area (Å²) in [4.78, 5) is 15.3. The largest absolute Gasteiger partial charge is 0.478 e. The summed E-state index contributed by atoms with van der Waals surface area (Å²) in [6.07, 6.45) is 1.78. The van der Waals surface area contributed by atoms with Crippen LogP contribution in [0.5, 0.6) is 5.88 Å². The van der Waals surface area contributed by atoms with E-state index in [2.05, 4.69) is 4.98 Å². The van der Waals surface area contributed by atoms with Crippen LogP contribution in [0.15, 0.2) is 18.3 Å². The standard InChI is InChI=1S/C12H18N2O3/c1-3-16-11-6-5-9(8-14-11)10(13)7-12(15)17-4-2/h5-6,8,10H,3-4,7,13H2,1-2H3. The molecule has 0 fully saturated rings. The molecule has 0 saturated carbocycles. The van der Waals surface area contributed by atoms with Gasteiger partial charge in [0.25, 0.3) is 0 Å². The van der Waals surface area contributed by atoms with E-state index in [1.165, 1.54) is 0 Å². The lowest BCUT2D eigenvalue weighted by atomic mass is 10.1. The summed E-state index contributed by atoms with van der Waals surface area (Å²) in [6.45, 7) is 4.60. The molecule has 1 rings (SSSR count). The third-order valence-corrected chi connectivity index (χ3v) is 2.17. The summed E-state index contributed by atoms with van der Waals surface area (Å²) in [5.74, 6) is 0.258. The Labute approximate surface area is 101 Å². The van der Waals surface area contributed by atoms with Crippen LogP contribution in [0.2, 0.25) is 0 Å². The van der Waals surface area contributed by atoms with Crippen molar-refractivity contribution in [2.75, 3.05) is 13.2 Å². The van der Waals surface area contributed by atoms with Crippen molar-refractivity contribution in [2.24, 2.45) is 5.73 Å². The van der Waals surface area contributed by atoms with Gasteiger partial charge in [0.15, 0.2) is 0 Å². The van der Waals surface area contributed by atoms with Gasteiger partial charge >= 0.3 is 5.97 Å². The Kier molecular flexibility index (Phi) is 5.42. The molecule has 0 amide bonds. The van der Waals surface area contributed by atoms with Crippen LogP contribution in [0.3, 0.4) is 0 Å². The summed E-state index contributed by atoms with van der Waals surface area (Å²) >= 11 is 0. The molecule has 5 nitrogen and oxygen atoms in total. The predicted octanol–water partition coefficient (Wildman–Crippen LogP) is 1.43. The number of nitrogens with two attached hydrogens (primary N) is 1. The number of rotatable bonds is 6. The number of esters is 1. The van der Waals surface area contributed by atoms with Crippen molar-refractivity contribution in [2.45, 2.75) is 26.3 Å². The SMILES string of the molecule is CCOC(=O)CC(N)c1ccc(OCC)nc1. The molecule has 0 aliphatic rings. The lowest BCUT2D eigenvalue weighted by Crippen LogP contribution is -2.17. The van der Waals surface area contributed by atoms with Crippen LogP contribution in [-0.2, 0) is 9.53 Å². The fourth-order valence-electron chi connectivity index (χ4n) is 1.36. The fourth-order valence-corrected chi connectivity index (χ4v) is 1.36. The Bertz CT molecular complexity index is 351. The summed E-state index contributed by atoms with van der Waals surface area (Å²) in [5, 5.41) is 0. The molecule has 0 radical (unpaired) electrons. The molecule has 2 N–H and O–H groups in total. The summed E-state index contributed by atoms with van der Waals surface area (Å²) in [6, 6.07) is 3.16. The van der Waals surface area contributed by atoms with E-state index in [0.717, 1.165) is 5.56 Å². The lowest BCUT2D eigenvalue weighted by Gasteiger charge is -2.11. The second kappa shape index (κ2) is 6.85. The van der Waals surface area contributed by atoms with Crippen molar-refractivity contribution >= 4 is 5.97 Å². The van der Waals surface area contributed by atoms with Crippen molar-refractivity contribution in [3.63, 3.8) is 0 Å². The van der Waals surface area contributed by atoms with Crippen LogP contribution < -0.4 is 10.5 Å². The van der Waals surface area contributed by atoms with Crippen LogP contribution in [0.25, 0.3) is 0 Å². The number of pyridine rings is 1. The molecule has 0 aliphatic heterocycles. The van der Waals surface area contributed by atoms with E-state index in [1.54, 1.807) is 19.2 Å². The minimum Gasteiger partial charge on any atom is -0.478 e. The summed E-state index contributed by atoms with van der Waals surface area (Å²) in [5.41, 5.74) is 6.66. The predicted molar refractivity (Wildman–Crippen MR) is 63.6 cm³/mol. The molecule has 94 valence electrons. The average Bonchev–Trinajstić information content (AvgIpc) is 2.30. The Morgan fingerprint density at radius 1 is 1.41 bits per heavy atom. The molecule has 1 heterocycles. The van der Waals surface area contributed by atoms with Gasteiger partial charge in [0.05, 0.1) is 19.6 Å². The highest BCUT2D eigenvalue weighted by atomic mass is 16.5. The van der Waals surface area contributed by atoms with E-state index in [4.69, 9.17) is 15.2 Å². The molecule has 1 atom stereocenters. The molecule has 17 heavy (non-hydrogen) atoms. The third kappa shape index (κ3) is 4.40. The molecule has 1 aromatic heterocycles. The maximum Gasteiger partial charge on any atom is 0.307 e. The smallest absolute Gasteiger partial charge is 0.307 e. The number of carbonyl (C=O) groups excluding carboxylic acids is 1. The first-order valence-electron chi connectivity index (χ1n) is 5.67. The fraction of sp³-hybridized carbons (Fsp3) is 0.500. The van der Waals surface area contributed by atoms with Crippen molar-refractivity contribution < 1.29 is 14.3 Å². The zero-order chi connectivity index (χ0) is 12.7. The Hall–Kier alpha value is -1.62. The Morgan fingerprint density at radius 2 is 2.18 bits per heavy atom. The average molecular weight is 238 g/mol. The topological polar surface area (TPSA) is 74.4 Å². The molecular formula is C12H18N2O3. The van der Waals surface area contributed by atoms with Gasteiger partial charge in [-0.05, 0) is 19.4 Å². The van der Waals surface area contributed by atoms with E-state index >= 15 is 0 Å². The van der Waals surface area contributed by atoms with Crippen molar-refractivity contribution in [3.05, 3.63) is 23.9 Å². The van der Waals surface area contributed by atoms with Crippen molar-refractivity contribution in [3.8, 4) is 5.88 Å². The number of nitrogens with zero attached hydrogens (tertiary/aromatic N) is 1. The molecule has 0 bridgehead atoms. The second-order valence-electron chi connectivity index (χ2n) is 3.48. The van der Waals surface area contributed by atoms with Crippen LogP contribution in [0.4, 0.5) is 0 Å². The van der Waals surface area contributed by atoms with Crippen LogP contribution in [0, 0.1) is 0 Å². The number of hydrogen-bond acceptors (Lipinski definition) is 5. The Morgan fingerprint density at radius 3 is 2.71 bits per heavy atom. The highest BCUT2D eigenvalue weighted by Gasteiger charge is 2.12. The molecule has 0 aliphatic carbocycles. The number of aromatic nitrogens is 1. The molecule has 1 aromatic rings. The van der Waals surface area contributed by atoms with Gasteiger partial charge in [0.1, 0.15) is 0 Å². The monoisotopic (exact) mass is 238 g/mol. The number of hydrogen-bond donors (Lipinski definition) is 1. The van der Waals surface area contributed by atoms with Crippen LogP contribution in [-0.4, -0.2) is 24.2 Å². The zero-order valence-corrected chi connectivity index (χ0v) is 10.2. The summed E-state index contributed by atoms with van der Waals surface area (Å²) in [7, 11) is 0. The summed E-state index contributed by atoms with van der Waals surface area (Å²) < 4.78 is 10.0. The molecule has 1 unspecified atom stereocenters. The second-order valence-corrected chi connectivity index (χ2v) is 3.48. The van der Waals surface area contributed by atoms with E-state index in [1.807, 2.05) is 13.0 Å². The Balaban J connectivity index is 2.56. The van der Waals surface area contributed by atoms with Crippen LogP contribution in [0.1, 0.15) is 31.9 Å². The van der Waals surface area contributed by atoms with Gasteiger partial charge in [0.2, 0.25) is 5.88 Å². The van der Waals surface area contributed by atoms with Gasteiger partial charge in [0, 0.05) is 18.3 Å². The van der Waals surface area contributed by atoms with Gasteiger partial charge < -0.3 is 15.2 Å². The first-order valence-corrected chi connectivity index (χ1v) is 5.67. The molecule has 5 heteroatoms. The highest BCUT2D eigenvalue weighted by molar-refractivity contribution is 5.70. The highest BCUT2D eigenvalue weighted by Crippen LogP contribution is 2.16. The molecule has 0 saturated heterocycles. The van der Waals surface area contributed by atoms with E-state index < -0.39 is 6.04 Å². The number of ether oxygens (including phenoxy) is 2. The minimum absolute atomic E-state index is 0.156. The van der Waals surface area contributed by atoms with Gasteiger partial charge in [-0.25, -0.2) is 4.98 Å². The minimum atomic E-state index is -0.391. The first kappa shape index (κ1) is 13.4. The normalized spacial score (nSPS) is 11.9.